The molecule has 0 bridgehead atoms. The number of halogens is 2. The van der Waals surface area contributed by atoms with Crippen LogP contribution in [-0.4, -0.2) is 24.9 Å². The number of alkyl halides is 1. The lowest BCUT2D eigenvalue weighted by Gasteiger charge is -2.00. The van der Waals surface area contributed by atoms with Gasteiger partial charge in [0.25, 0.3) is 0 Å². The van der Waals surface area contributed by atoms with E-state index in [-0.39, 0.29) is 28.9 Å². The minimum Gasteiger partial charge on any atom is -0.273 e. The van der Waals surface area contributed by atoms with E-state index in [1.54, 1.807) is 6.92 Å². The molecule has 0 rings (SSSR count). The van der Waals surface area contributed by atoms with E-state index >= 15 is 0 Å². The minimum atomic E-state index is -4.05. The van der Waals surface area contributed by atoms with Crippen LogP contribution < -0.4 is 4.72 Å². The maximum Gasteiger partial charge on any atom is 0.333 e. The molecule has 10 heavy (non-hydrogen) atoms. The standard InChI is InChI=1S/C3H8ClNO3S.BrH/c1-3(4)2-5-9(6,7)8;/h3,5H,2H2,1H3,(H,6,7,8);1H. The zero-order chi connectivity index (χ0) is 7.49. The van der Waals surface area contributed by atoms with E-state index in [2.05, 4.69) is 0 Å². The van der Waals surface area contributed by atoms with Crippen molar-refractivity contribution in [3.63, 3.8) is 0 Å². The molecule has 0 aliphatic carbocycles. The van der Waals surface area contributed by atoms with Gasteiger partial charge in [0.15, 0.2) is 0 Å². The second-order valence-corrected chi connectivity index (χ2v) is 3.59. The van der Waals surface area contributed by atoms with Gasteiger partial charge in [-0.15, -0.1) is 28.6 Å². The quantitative estimate of drug-likeness (QED) is 0.572. The smallest absolute Gasteiger partial charge is 0.273 e. The second-order valence-electron chi connectivity index (χ2n) is 1.60. The van der Waals surface area contributed by atoms with E-state index in [1.165, 1.54) is 0 Å². The first-order valence-corrected chi connectivity index (χ1v) is 4.15. The first-order chi connectivity index (χ1) is 3.92. The van der Waals surface area contributed by atoms with Crippen LogP contribution >= 0.6 is 28.6 Å². The third-order valence-electron chi connectivity index (χ3n) is 0.547. The van der Waals surface area contributed by atoms with Gasteiger partial charge in [0, 0.05) is 11.9 Å². The molecule has 0 saturated carbocycles. The highest BCUT2D eigenvalue weighted by Crippen LogP contribution is 1.89. The molecule has 1 atom stereocenters. The molecule has 4 nitrogen and oxygen atoms in total. The van der Waals surface area contributed by atoms with Gasteiger partial charge in [-0.05, 0) is 6.92 Å². The summed E-state index contributed by atoms with van der Waals surface area (Å²) >= 11 is 5.35. The third-order valence-corrected chi connectivity index (χ3v) is 1.23. The van der Waals surface area contributed by atoms with Crippen molar-refractivity contribution >= 4 is 38.9 Å². The summed E-state index contributed by atoms with van der Waals surface area (Å²) in [5.41, 5.74) is 0. The van der Waals surface area contributed by atoms with E-state index in [0.29, 0.717) is 0 Å². The van der Waals surface area contributed by atoms with Gasteiger partial charge < -0.3 is 0 Å². The van der Waals surface area contributed by atoms with Crippen molar-refractivity contribution in [2.24, 2.45) is 0 Å². The van der Waals surface area contributed by atoms with Crippen LogP contribution in [0.4, 0.5) is 0 Å². The van der Waals surface area contributed by atoms with Crippen molar-refractivity contribution in [2.45, 2.75) is 12.3 Å². The maximum atomic E-state index is 9.92. The SMILES string of the molecule is Br.CC(Cl)CNS(=O)(=O)O. The molecule has 0 aromatic rings. The first kappa shape index (κ1) is 13.2. The van der Waals surface area contributed by atoms with Gasteiger partial charge in [-0.3, -0.25) is 4.55 Å². The van der Waals surface area contributed by atoms with Crippen LogP contribution in [0.5, 0.6) is 0 Å². The molecule has 0 aliphatic rings. The molecule has 0 aromatic carbocycles. The van der Waals surface area contributed by atoms with Crippen molar-refractivity contribution in [3.8, 4) is 0 Å². The van der Waals surface area contributed by atoms with Crippen LogP contribution in [0, 0.1) is 0 Å². The molecule has 0 saturated heterocycles. The highest BCUT2D eigenvalue weighted by molar-refractivity contribution is 8.93. The highest BCUT2D eigenvalue weighted by atomic mass is 79.9. The zero-order valence-corrected chi connectivity index (χ0v) is 8.53. The molecule has 0 amide bonds. The third kappa shape index (κ3) is 11.4. The summed E-state index contributed by atoms with van der Waals surface area (Å²) in [6, 6.07) is 0. The molecule has 0 aromatic heterocycles. The number of hydrogen-bond acceptors (Lipinski definition) is 2. The topological polar surface area (TPSA) is 66.4 Å². The molecule has 7 heteroatoms. The van der Waals surface area contributed by atoms with Crippen LogP contribution in [0.15, 0.2) is 0 Å². The Balaban J connectivity index is 0. The Morgan fingerprint density at radius 1 is 1.70 bits per heavy atom. The molecule has 64 valence electrons. The monoisotopic (exact) mass is 253 g/mol. The number of rotatable bonds is 3. The van der Waals surface area contributed by atoms with Gasteiger partial charge in [-0.1, -0.05) is 0 Å². The molecule has 0 spiro atoms. The molecule has 2 N–H and O–H groups in total. The normalized spacial score (nSPS) is 13.9. The van der Waals surface area contributed by atoms with Crippen molar-refractivity contribution in [1.82, 2.24) is 4.72 Å². The fourth-order valence-electron chi connectivity index (χ4n) is 0.220. The Labute approximate surface area is 75.6 Å². The summed E-state index contributed by atoms with van der Waals surface area (Å²) in [6.07, 6.45) is 0. The Morgan fingerprint density at radius 3 is 2.20 bits per heavy atom. The second kappa shape index (κ2) is 5.31. The largest absolute Gasteiger partial charge is 0.333 e. The maximum absolute atomic E-state index is 9.92. The Morgan fingerprint density at radius 2 is 2.10 bits per heavy atom. The number of hydrogen-bond donors (Lipinski definition) is 2. The lowest BCUT2D eigenvalue weighted by Crippen LogP contribution is -2.27. The summed E-state index contributed by atoms with van der Waals surface area (Å²) in [5.74, 6) is 0. The minimum absolute atomic E-state index is 0. The van der Waals surface area contributed by atoms with Crippen molar-refractivity contribution in [1.29, 1.82) is 0 Å². The first-order valence-electron chi connectivity index (χ1n) is 2.28. The van der Waals surface area contributed by atoms with Crippen LogP contribution in [-0.2, 0) is 10.3 Å². The van der Waals surface area contributed by atoms with Crippen LogP contribution in [0.1, 0.15) is 6.92 Å². The van der Waals surface area contributed by atoms with E-state index in [9.17, 15) is 8.42 Å². The van der Waals surface area contributed by atoms with Gasteiger partial charge >= 0.3 is 10.3 Å². The van der Waals surface area contributed by atoms with E-state index in [4.69, 9.17) is 16.2 Å². The fourth-order valence-corrected chi connectivity index (χ4v) is 0.849. The Bertz CT molecular complexity index is 169. The lowest BCUT2D eigenvalue weighted by atomic mass is 10.5. The van der Waals surface area contributed by atoms with Crippen LogP contribution in [0.25, 0.3) is 0 Å². The van der Waals surface area contributed by atoms with Crippen LogP contribution in [0.3, 0.4) is 0 Å². The summed E-state index contributed by atoms with van der Waals surface area (Å²) in [4.78, 5) is 0. The summed E-state index contributed by atoms with van der Waals surface area (Å²) in [5, 5.41) is -0.313. The molecular weight excluding hydrogens is 245 g/mol. The molecule has 0 heterocycles. The fraction of sp³-hybridized carbons (Fsp3) is 1.00. The van der Waals surface area contributed by atoms with Gasteiger partial charge in [0.2, 0.25) is 0 Å². The van der Waals surface area contributed by atoms with E-state index in [0.717, 1.165) is 0 Å². The molecule has 0 aliphatic heterocycles. The highest BCUT2D eigenvalue weighted by Gasteiger charge is 2.03. The van der Waals surface area contributed by atoms with Crippen molar-refractivity contribution < 1.29 is 13.0 Å². The van der Waals surface area contributed by atoms with Gasteiger partial charge in [0.1, 0.15) is 0 Å². The van der Waals surface area contributed by atoms with Gasteiger partial charge in [-0.25, -0.2) is 0 Å². The predicted molar refractivity (Wildman–Crippen MR) is 45.2 cm³/mol. The van der Waals surface area contributed by atoms with Gasteiger partial charge in [0.05, 0.1) is 0 Å². The zero-order valence-electron chi connectivity index (χ0n) is 5.24. The van der Waals surface area contributed by atoms with Gasteiger partial charge in [-0.2, -0.15) is 13.1 Å². The van der Waals surface area contributed by atoms with E-state index < -0.39 is 10.3 Å². The average molecular weight is 255 g/mol. The van der Waals surface area contributed by atoms with Crippen molar-refractivity contribution in [2.75, 3.05) is 6.54 Å². The Hall–Kier alpha value is 0.640. The number of nitrogens with one attached hydrogen (secondary N) is 1. The van der Waals surface area contributed by atoms with Crippen LogP contribution in [0.2, 0.25) is 0 Å². The predicted octanol–water partition coefficient (Wildman–Crippen LogP) is 0.584. The van der Waals surface area contributed by atoms with Crippen molar-refractivity contribution in [3.05, 3.63) is 0 Å². The average Bonchev–Trinajstić information content (AvgIpc) is 1.59. The Kier molecular flexibility index (Phi) is 7.04. The molecule has 1 unspecified atom stereocenters. The summed E-state index contributed by atoms with van der Waals surface area (Å²) < 4.78 is 29.7. The molecule has 0 radical (unpaired) electrons. The summed E-state index contributed by atoms with van der Waals surface area (Å²) in [7, 11) is -4.05. The van der Waals surface area contributed by atoms with E-state index in [1.807, 2.05) is 4.72 Å². The molecular formula is C3H9BrClNO3S. The molecule has 0 fully saturated rings. The summed E-state index contributed by atoms with van der Waals surface area (Å²) in [6.45, 7) is 1.65. The lowest BCUT2D eigenvalue weighted by molar-refractivity contribution is 0.468.